The van der Waals surface area contributed by atoms with Crippen LogP contribution >= 0.6 is 0 Å². The van der Waals surface area contributed by atoms with Gasteiger partial charge in [0.2, 0.25) is 5.91 Å². The number of nitrogens with zero attached hydrogens (tertiary/aromatic N) is 6. The monoisotopic (exact) mass is 511 g/mol. The quantitative estimate of drug-likeness (QED) is 0.407. The molecule has 4 heterocycles. The third kappa shape index (κ3) is 5.25. The number of morpholine rings is 1. The van der Waals surface area contributed by atoms with Gasteiger partial charge >= 0.3 is 0 Å². The molecule has 2 aliphatic heterocycles. The Morgan fingerprint density at radius 2 is 1.66 bits per heavy atom. The van der Waals surface area contributed by atoms with E-state index in [-0.39, 0.29) is 18.4 Å². The number of carbonyl (C=O) groups is 1. The van der Waals surface area contributed by atoms with Crippen LogP contribution in [0.15, 0.2) is 60.8 Å². The van der Waals surface area contributed by atoms with Crippen LogP contribution in [0.4, 0.5) is 5.82 Å². The summed E-state index contributed by atoms with van der Waals surface area (Å²) in [4.78, 5) is 26.2. The van der Waals surface area contributed by atoms with Gasteiger partial charge in [-0.1, -0.05) is 54.6 Å². The molecule has 0 saturated carbocycles. The van der Waals surface area contributed by atoms with Crippen LogP contribution in [0.5, 0.6) is 0 Å². The Labute approximate surface area is 222 Å². The van der Waals surface area contributed by atoms with Crippen LogP contribution in [0.3, 0.4) is 0 Å². The number of amides is 1. The third-order valence-corrected chi connectivity index (χ3v) is 7.49. The average Bonchev–Trinajstić information content (AvgIpc) is 3.38. The maximum Gasteiger partial charge on any atom is 0.221 e. The highest BCUT2D eigenvalue weighted by molar-refractivity contribution is 5.89. The predicted octanol–water partition coefficient (Wildman–Crippen LogP) is 3.19. The highest BCUT2D eigenvalue weighted by Gasteiger charge is 2.26. The van der Waals surface area contributed by atoms with Crippen LogP contribution in [-0.4, -0.2) is 69.9 Å². The van der Waals surface area contributed by atoms with E-state index in [0.29, 0.717) is 19.0 Å². The van der Waals surface area contributed by atoms with Crippen LogP contribution in [-0.2, 0) is 22.5 Å². The summed E-state index contributed by atoms with van der Waals surface area (Å²) in [6.07, 6.45) is 4.19. The fraction of sp³-hybridized carbons (Fsp3) is 0.379. The molecule has 0 atom stereocenters. The zero-order valence-electron chi connectivity index (χ0n) is 21.5. The van der Waals surface area contributed by atoms with Gasteiger partial charge < -0.3 is 15.4 Å². The van der Waals surface area contributed by atoms with Gasteiger partial charge in [-0.05, 0) is 24.0 Å². The molecule has 2 aliphatic rings. The molecule has 0 unspecified atom stereocenters. The Hall–Kier alpha value is -3.82. The molecule has 0 aliphatic carbocycles. The van der Waals surface area contributed by atoms with Crippen molar-refractivity contribution in [3.05, 3.63) is 71.9 Å². The van der Waals surface area contributed by atoms with Crippen molar-refractivity contribution < 1.29 is 9.53 Å². The minimum absolute atomic E-state index is 0.217. The summed E-state index contributed by atoms with van der Waals surface area (Å²) in [6, 6.07) is 18.7. The van der Waals surface area contributed by atoms with Crippen molar-refractivity contribution in [2.45, 2.75) is 31.8 Å². The lowest BCUT2D eigenvalue weighted by atomic mass is 10.0. The van der Waals surface area contributed by atoms with E-state index in [4.69, 9.17) is 25.5 Å². The average molecular weight is 512 g/mol. The smallest absolute Gasteiger partial charge is 0.221 e. The molecule has 38 heavy (non-hydrogen) atoms. The van der Waals surface area contributed by atoms with Crippen LogP contribution in [0, 0.1) is 0 Å². The standard InChI is InChI=1S/C29H33N7O2/c30-26(37)18-21-6-8-23(9-7-21)27-32-28(35-14-16-38-17-15-35)25-19-31-36(29(25)33-27)24-10-12-34(13-11-24)20-22-4-2-1-3-5-22/h1-9,19,24H,10-18,20H2,(H2,30,37). The van der Waals surface area contributed by atoms with Gasteiger partial charge in [0.05, 0.1) is 37.3 Å². The van der Waals surface area contributed by atoms with Crippen LogP contribution < -0.4 is 10.6 Å². The second kappa shape index (κ2) is 10.9. The van der Waals surface area contributed by atoms with Gasteiger partial charge in [-0.15, -0.1) is 0 Å². The van der Waals surface area contributed by atoms with Gasteiger partial charge in [0.15, 0.2) is 11.5 Å². The lowest BCUT2D eigenvalue weighted by Crippen LogP contribution is -2.37. The van der Waals surface area contributed by atoms with Gasteiger partial charge in [0, 0.05) is 38.3 Å². The molecule has 2 N–H and O–H groups in total. The second-order valence-electron chi connectivity index (χ2n) is 10.1. The highest BCUT2D eigenvalue weighted by atomic mass is 16.5. The number of nitrogens with two attached hydrogens (primary N) is 1. The summed E-state index contributed by atoms with van der Waals surface area (Å²) >= 11 is 0. The lowest BCUT2D eigenvalue weighted by Gasteiger charge is -2.32. The third-order valence-electron chi connectivity index (χ3n) is 7.49. The number of hydrogen-bond acceptors (Lipinski definition) is 7. The number of fused-ring (bicyclic) bond motifs is 1. The van der Waals surface area contributed by atoms with Crippen LogP contribution in [0.2, 0.25) is 0 Å². The Bertz CT molecular complexity index is 1390. The number of hydrogen-bond donors (Lipinski definition) is 1. The molecule has 9 heteroatoms. The fourth-order valence-corrected chi connectivity index (χ4v) is 5.46. The molecule has 2 aromatic carbocycles. The zero-order chi connectivity index (χ0) is 25.9. The number of rotatable bonds is 7. The molecule has 4 aromatic rings. The van der Waals surface area contributed by atoms with Gasteiger partial charge in [0.25, 0.3) is 0 Å². The molecular formula is C29H33N7O2. The highest BCUT2D eigenvalue weighted by Crippen LogP contribution is 2.32. The predicted molar refractivity (Wildman–Crippen MR) is 147 cm³/mol. The maximum atomic E-state index is 11.3. The van der Waals surface area contributed by atoms with E-state index in [1.165, 1.54) is 5.56 Å². The van der Waals surface area contributed by atoms with Crippen molar-refractivity contribution in [1.29, 1.82) is 0 Å². The van der Waals surface area contributed by atoms with Gasteiger partial charge in [-0.25, -0.2) is 14.6 Å². The van der Waals surface area contributed by atoms with Crippen molar-refractivity contribution in [3.8, 4) is 11.4 Å². The SMILES string of the molecule is NC(=O)Cc1ccc(-c2nc(N3CCOCC3)c3cnn(C4CCN(Cc5ccccc5)CC4)c3n2)cc1. The van der Waals surface area contributed by atoms with Crippen molar-refractivity contribution in [3.63, 3.8) is 0 Å². The first-order chi connectivity index (χ1) is 18.6. The molecule has 1 amide bonds. The summed E-state index contributed by atoms with van der Waals surface area (Å²) in [6.45, 7) is 5.95. The molecule has 0 spiro atoms. The maximum absolute atomic E-state index is 11.3. The van der Waals surface area contributed by atoms with Crippen LogP contribution in [0.25, 0.3) is 22.4 Å². The zero-order valence-corrected chi connectivity index (χ0v) is 21.5. The Kier molecular flexibility index (Phi) is 7.02. The van der Waals surface area contributed by atoms with E-state index in [1.807, 2.05) is 30.5 Å². The van der Waals surface area contributed by atoms with Crippen molar-refractivity contribution in [1.82, 2.24) is 24.6 Å². The topological polar surface area (TPSA) is 102 Å². The summed E-state index contributed by atoms with van der Waals surface area (Å²) in [5.74, 6) is 1.22. The van der Waals surface area contributed by atoms with Crippen molar-refractivity contribution >= 4 is 22.8 Å². The number of piperidine rings is 1. The first-order valence-corrected chi connectivity index (χ1v) is 13.4. The normalized spacial score (nSPS) is 17.2. The number of anilines is 1. The van der Waals surface area contributed by atoms with E-state index in [1.54, 1.807) is 0 Å². The molecule has 0 bridgehead atoms. The van der Waals surface area contributed by atoms with Gasteiger partial charge in [0.1, 0.15) is 5.82 Å². The van der Waals surface area contributed by atoms with E-state index in [2.05, 4.69) is 44.8 Å². The molecular weight excluding hydrogens is 478 g/mol. The van der Waals surface area contributed by atoms with Gasteiger partial charge in [-0.3, -0.25) is 9.69 Å². The second-order valence-corrected chi connectivity index (χ2v) is 10.1. The number of carbonyl (C=O) groups excluding carboxylic acids is 1. The number of primary amides is 1. The summed E-state index contributed by atoms with van der Waals surface area (Å²) in [5, 5.41) is 5.83. The van der Waals surface area contributed by atoms with E-state index < -0.39 is 0 Å². The number of ether oxygens (including phenoxy) is 1. The minimum atomic E-state index is -0.344. The molecule has 6 rings (SSSR count). The first-order valence-electron chi connectivity index (χ1n) is 13.4. The van der Waals surface area contributed by atoms with Crippen molar-refractivity contribution in [2.24, 2.45) is 5.73 Å². The fourth-order valence-electron chi connectivity index (χ4n) is 5.46. The Morgan fingerprint density at radius 3 is 2.37 bits per heavy atom. The summed E-state index contributed by atoms with van der Waals surface area (Å²) in [7, 11) is 0. The van der Waals surface area contributed by atoms with E-state index >= 15 is 0 Å². The summed E-state index contributed by atoms with van der Waals surface area (Å²) < 4.78 is 7.71. The van der Waals surface area contributed by atoms with Crippen molar-refractivity contribution in [2.75, 3.05) is 44.3 Å². The lowest BCUT2D eigenvalue weighted by molar-refractivity contribution is -0.117. The summed E-state index contributed by atoms with van der Waals surface area (Å²) in [5.41, 5.74) is 9.38. The largest absolute Gasteiger partial charge is 0.378 e. The van der Waals surface area contributed by atoms with E-state index in [0.717, 1.165) is 73.5 Å². The van der Waals surface area contributed by atoms with Gasteiger partial charge in [-0.2, -0.15) is 5.10 Å². The molecule has 196 valence electrons. The number of likely N-dealkylation sites (tertiary alicyclic amines) is 1. The minimum Gasteiger partial charge on any atom is -0.378 e. The molecule has 9 nitrogen and oxygen atoms in total. The Balaban J connectivity index is 1.30. The Morgan fingerprint density at radius 1 is 0.921 bits per heavy atom. The van der Waals surface area contributed by atoms with Crippen LogP contribution in [0.1, 0.15) is 30.0 Å². The number of aromatic nitrogens is 4. The molecule has 2 saturated heterocycles. The number of benzene rings is 2. The molecule has 2 fully saturated rings. The van der Waals surface area contributed by atoms with E-state index in [9.17, 15) is 4.79 Å². The molecule has 0 radical (unpaired) electrons. The molecule has 2 aromatic heterocycles. The first kappa shape index (κ1) is 24.5.